The minimum absolute atomic E-state index is 0.0302. The van der Waals surface area contributed by atoms with Crippen LogP contribution in [0.1, 0.15) is 19.4 Å². The first kappa shape index (κ1) is 26.0. The lowest BCUT2D eigenvalue weighted by Crippen LogP contribution is -2.63. The minimum atomic E-state index is -1.16. The highest BCUT2D eigenvalue weighted by atomic mass is 32.2. The molecule has 1 fully saturated rings. The van der Waals surface area contributed by atoms with Gasteiger partial charge in [0.15, 0.2) is 5.17 Å². The summed E-state index contributed by atoms with van der Waals surface area (Å²) in [4.78, 5) is 26.0. The van der Waals surface area contributed by atoms with Crippen LogP contribution in [-0.4, -0.2) is 75.4 Å². The van der Waals surface area contributed by atoms with Crippen molar-refractivity contribution in [3.8, 4) is 5.75 Å². The number of aliphatic hydroxyl groups is 1. The van der Waals surface area contributed by atoms with Crippen LogP contribution < -0.4 is 10.5 Å². The third-order valence-corrected chi connectivity index (χ3v) is 8.18. The molecule has 1 saturated heterocycles. The molecule has 36 heavy (non-hydrogen) atoms. The van der Waals surface area contributed by atoms with Crippen molar-refractivity contribution in [2.45, 2.75) is 32.5 Å². The average molecular weight is 514 g/mol. The fourth-order valence-electron chi connectivity index (χ4n) is 5.35. The maximum absolute atomic E-state index is 12.6. The van der Waals surface area contributed by atoms with Crippen LogP contribution in [0.25, 0.3) is 10.8 Å². The van der Waals surface area contributed by atoms with E-state index in [4.69, 9.17) is 15.9 Å². The van der Waals surface area contributed by atoms with Gasteiger partial charge in [-0.1, -0.05) is 37.3 Å². The molecule has 10 heteroatoms. The van der Waals surface area contributed by atoms with Crippen molar-refractivity contribution >= 4 is 39.6 Å². The number of amides is 1. The number of rotatable bonds is 9. The molecular formula is C26H33N4O5S+. The Morgan fingerprint density at radius 3 is 2.56 bits per heavy atom. The molecular weight excluding hydrogens is 480 g/mol. The highest BCUT2D eigenvalue weighted by Crippen LogP contribution is 2.47. The third-order valence-electron chi connectivity index (χ3n) is 7.04. The number of carbonyl (C=O) groups is 2. The third kappa shape index (κ3) is 4.68. The molecule has 0 saturated carbocycles. The molecule has 2 aliphatic rings. The molecule has 2 aromatic rings. The molecule has 9 nitrogen and oxygen atoms in total. The standard InChI is InChI=1S/C26H32N4O5S/c1-14-19(23(25(33)34)29-22(14)21(15(2)31)24(29)32)12-35-20-10-6-8-17-16(7-5-9-18(17)20)11-30(3,4)13-36-26(27)28/h5-10,14-15,21-22,31H,11-13H2,1-4H3,(H3-,27,28,33,34)/p+1/t14-,15+,21+,22+/m0/s1. The Labute approximate surface area is 214 Å². The van der Waals surface area contributed by atoms with Crippen LogP contribution >= 0.6 is 11.8 Å². The number of nitrogens with two attached hydrogens (primary N) is 1. The number of β-lactam (4-membered cyclic amide) rings is 1. The molecule has 5 N–H and O–H groups in total. The van der Waals surface area contributed by atoms with Gasteiger partial charge in [-0.3, -0.25) is 10.2 Å². The van der Waals surface area contributed by atoms with E-state index in [9.17, 15) is 19.8 Å². The normalized spacial score (nSPS) is 22.4. The number of hydrogen-bond donors (Lipinski definition) is 4. The molecule has 2 heterocycles. The molecule has 4 atom stereocenters. The van der Waals surface area contributed by atoms with Crippen LogP contribution in [0.4, 0.5) is 0 Å². The Morgan fingerprint density at radius 2 is 1.92 bits per heavy atom. The second-order valence-corrected chi connectivity index (χ2v) is 11.2. The minimum Gasteiger partial charge on any atom is -0.488 e. The number of aliphatic carboxylic acids is 1. The molecule has 2 aromatic carbocycles. The Bertz CT molecular complexity index is 1260. The van der Waals surface area contributed by atoms with Gasteiger partial charge in [-0.05, 0) is 30.1 Å². The van der Waals surface area contributed by atoms with E-state index in [1.54, 1.807) is 6.92 Å². The smallest absolute Gasteiger partial charge is 0.352 e. The van der Waals surface area contributed by atoms with Crippen molar-refractivity contribution in [3.63, 3.8) is 0 Å². The Kier molecular flexibility index (Phi) is 7.05. The molecule has 0 radical (unpaired) electrons. The van der Waals surface area contributed by atoms with Gasteiger partial charge in [-0.25, -0.2) is 4.79 Å². The summed E-state index contributed by atoms with van der Waals surface area (Å²) in [6, 6.07) is 11.5. The van der Waals surface area contributed by atoms with Gasteiger partial charge in [-0.2, -0.15) is 0 Å². The lowest BCUT2D eigenvalue weighted by Gasteiger charge is -2.46. The summed E-state index contributed by atoms with van der Waals surface area (Å²) in [6.45, 7) is 4.21. The van der Waals surface area contributed by atoms with Gasteiger partial charge in [0.1, 0.15) is 30.5 Å². The Balaban J connectivity index is 1.59. The van der Waals surface area contributed by atoms with Gasteiger partial charge in [0, 0.05) is 22.4 Å². The summed E-state index contributed by atoms with van der Waals surface area (Å²) >= 11 is 1.31. The van der Waals surface area contributed by atoms with Gasteiger partial charge in [0.25, 0.3) is 0 Å². The molecule has 4 rings (SSSR count). The molecule has 2 aliphatic heterocycles. The lowest BCUT2D eigenvalue weighted by molar-refractivity contribution is -0.890. The largest absolute Gasteiger partial charge is 0.488 e. The van der Waals surface area contributed by atoms with Gasteiger partial charge >= 0.3 is 5.97 Å². The zero-order chi connectivity index (χ0) is 26.4. The molecule has 1 amide bonds. The quantitative estimate of drug-likeness (QED) is 0.133. The molecule has 0 aliphatic carbocycles. The monoisotopic (exact) mass is 513 g/mol. The molecule has 0 spiro atoms. The fraction of sp³-hybridized carbons (Fsp3) is 0.423. The number of nitrogens with zero attached hydrogens (tertiary/aromatic N) is 2. The highest BCUT2D eigenvalue weighted by Gasteiger charge is 2.59. The van der Waals surface area contributed by atoms with Gasteiger partial charge in [0.2, 0.25) is 5.91 Å². The zero-order valence-electron chi connectivity index (χ0n) is 20.9. The van der Waals surface area contributed by atoms with Crippen molar-refractivity contribution in [3.05, 3.63) is 53.2 Å². The van der Waals surface area contributed by atoms with E-state index in [-0.39, 0.29) is 35.3 Å². The van der Waals surface area contributed by atoms with E-state index in [1.807, 2.05) is 37.3 Å². The number of carboxylic acid groups (broad SMARTS) is 1. The number of nitrogens with one attached hydrogen (secondary N) is 1. The van der Waals surface area contributed by atoms with Crippen LogP contribution in [-0.2, 0) is 16.1 Å². The van der Waals surface area contributed by atoms with Gasteiger partial charge in [0.05, 0.1) is 32.2 Å². The maximum atomic E-state index is 12.6. The number of aliphatic hydroxyl groups excluding tert-OH is 1. The molecule has 0 bridgehead atoms. The average Bonchev–Trinajstić information content (AvgIpc) is 3.04. The number of benzene rings is 2. The summed E-state index contributed by atoms with van der Waals surface area (Å²) in [5.74, 6) is -1.06. The summed E-state index contributed by atoms with van der Waals surface area (Å²) in [5, 5.41) is 29.5. The Hall–Kier alpha value is -3.08. The topological polar surface area (TPSA) is 137 Å². The molecule has 0 aromatic heterocycles. The first-order valence-corrected chi connectivity index (χ1v) is 12.8. The van der Waals surface area contributed by atoms with E-state index >= 15 is 0 Å². The van der Waals surface area contributed by atoms with E-state index in [2.05, 4.69) is 20.2 Å². The summed E-state index contributed by atoms with van der Waals surface area (Å²) in [7, 11) is 4.17. The maximum Gasteiger partial charge on any atom is 0.352 e. The number of amidine groups is 1. The second-order valence-electron chi connectivity index (χ2n) is 10.2. The lowest BCUT2D eigenvalue weighted by atomic mass is 9.78. The van der Waals surface area contributed by atoms with Crippen molar-refractivity contribution in [2.24, 2.45) is 17.6 Å². The van der Waals surface area contributed by atoms with Crippen molar-refractivity contribution in [1.82, 2.24) is 4.90 Å². The van der Waals surface area contributed by atoms with Gasteiger partial charge in [-0.15, -0.1) is 0 Å². The summed E-state index contributed by atoms with van der Waals surface area (Å²) in [6.07, 6.45) is -0.843. The number of carboxylic acids is 1. The summed E-state index contributed by atoms with van der Waals surface area (Å²) in [5.41, 5.74) is 7.17. The first-order valence-electron chi connectivity index (χ1n) is 11.8. The van der Waals surface area contributed by atoms with Crippen molar-refractivity contribution in [2.75, 3.05) is 26.6 Å². The van der Waals surface area contributed by atoms with Crippen molar-refractivity contribution in [1.29, 1.82) is 5.41 Å². The van der Waals surface area contributed by atoms with Crippen LogP contribution in [0.2, 0.25) is 0 Å². The van der Waals surface area contributed by atoms with E-state index in [0.29, 0.717) is 21.7 Å². The number of fused-ring (bicyclic) bond motifs is 2. The number of quaternary nitrogens is 1. The predicted octanol–water partition coefficient (Wildman–Crippen LogP) is 2.58. The van der Waals surface area contributed by atoms with Crippen LogP contribution in [0, 0.1) is 17.2 Å². The summed E-state index contributed by atoms with van der Waals surface area (Å²) < 4.78 is 6.83. The second kappa shape index (κ2) is 9.76. The number of hydrogen-bond acceptors (Lipinski definition) is 6. The number of thioether (sulfide) groups is 1. The first-order chi connectivity index (χ1) is 16.9. The van der Waals surface area contributed by atoms with Crippen molar-refractivity contribution < 1.29 is 29.0 Å². The van der Waals surface area contributed by atoms with Gasteiger partial charge < -0.3 is 30.1 Å². The van der Waals surface area contributed by atoms with E-state index < -0.39 is 18.0 Å². The van der Waals surface area contributed by atoms with Crippen LogP contribution in [0.15, 0.2) is 47.7 Å². The number of ether oxygens (including phenoxy) is 1. The van der Waals surface area contributed by atoms with Crippen LogP contribution in [0.5, 0.6) is 5.75 Å². The fourth-order valence-corrected chi connectivity index (χ4v) is 5.93. The Morgan fingerprint density at radius 1 is 1.25 bits per heavy atom. The highest BCUT2D eigenvalue weighted by molar-refractivity contribution is 8.13. The zero-order valence-corrected chi connectivity index (χ0v) is 21.7. The molecule has 192 valence electrons. The predicted molar refractivity (Wildman–Crippen MR) is 139 cm³/mol. The van der Waals surface area contributed by atoms with E-state index in [0.717, 1.165) is 22.9 Å². The number of carbonyl (C=O) groups excluding carboxylic acids is 1. The SMILES string of the molecule is C[C@@H](O)[C@H]1C(=O)N2C(C(=O)O)=C(COc3cccc4c(C[N+](C)(C)CSC(=N)N)cccc34)[C@H](C)[C@H]12. The molecule has 0 unspecified atom stereocenters. The van der Waals surface area contributed by atoms with Crippen LogP contribution in [0.3, 0.4) is 0 Å². The van der Waals surface area contributed by atoms with E-state index in [1.165, 1.54) is 16.7 Å².